The molecule has 0 saturated carbocycles. The van der Waals surface area contributed by atoms with Gasteiger partial charge in [0.2, 0.25) is 5.91 Å². The quantitative estimate of drug-likeness (QED) is 0.564. The highest BCUT2D eigenvalue weighted by molar-refractivity contribution is 5.88. The Hall–Kier alpha value is -3.45. The van der Waals surface area contributed by atoms with Gasteiger partial charge in [-0.15, -0.1) is 0 Å². The van der Waals surface area contributed by atoms with Crippen molar-refractivity contribution in [3.8, 4) is 6.01 Å². The Labute approximate surface area is 194 Å². The number of ether oxygens (including phenoxy) is 1. The summed E-state index contributed by atoms with van der Waals surface area (Å²) in [7, 11) is 1.61. The van der Waals surface area contributed by atoms with Crippen LogP contribution >= 0.6 is 0 Å². The van der Waals surface area contributed by atoms with Crippen molar-refractivity contribution in [2.45, 2.75) is 26.6 Å². The molecule has 1 saturated heterocycles. The minimum atomic E-state index is -0.0169. The molecule has 170 valence electrons. The summed E-state index contributed by atoms with van der Waals surface area (Å²) in [5.74, 6) is 0.913. The first-order chi connectivity index (χ1) is 16.1. The van der Waals surface area contributed by atoms with Crippen molar-refractivity contribution >= 4 is 22.5 Å². The summed E-state index contributed by atoms with van der Waals surface area (Å²) in [4.78, 5) is 27.9. The first-order valence-electron chi connectivity index (χ1n) is 11.4. The number of rotatable bonds is 5. The van der Waals surface area contributed by atoms with Crippen molar-refractivity contribution in [3.05, 3.63) is 71.4 Å². The molecule has 0 aliphatic carbocycles. The lowest BCUT2D eigenvalue weighted by molar-refractivity contribution is -0.126. The van der Waals surface area contributed by atoms with Gasteiger partial charge in [-0.3, -0.25) is 9.69 Å². The number of anilines is 1. The number of carbonyl (C=O) groups excluding carboxylic acids is 1. The molecule has 2 aromatic carbocycles. The van der Waals surface area contributed by atoms with Crippen LogP contribution in [0.1, 0.15) is 22.4 Å². The van der Waals surface area contributed by atoms with Crippen LogP contribution in [0.4, 0.5) is 5.82 Å². The molecule has 33 heavy (non-hydrogen) atoms. The average molecular weight is 444 g/mol. The summed E-state index contributed by atoms with van der Waals surface area (Å²) in [5, 5.41) is 2.61. The molecule has 5 rings (SSSR count). The molecule has 3 aromatic rings. The van der Waals surface area contributed by atoms with Crippen LogP contribution in [0.25, 0.3) is 10.8 Å². The predicted molar refractivity (Wildman–Crippen MR) is 129 cm³/mol. The third kappa shape index (κ3) is 4.04. The van der Waals surface area contributed by atoms with Gasteiger partial charge in [-0.25, -0.2) is 0 Å². The van der Waals surface area contributed by atoms with E-state index in [-0.39, 0.29) is 5.91 Å². The first kappa shape index (κ1) is 21.4. The van der Waals surface area contributed by atoms with Crippen LogP contribution in [0.5, 0.6) is 6.01 Å². The topological polar surface area (TPSA) is 61.8 Å². The summed E-state index contributed by atoms with van der Waals surface area (Å²) >= 11 is 0. The van der Waals surface area contributed by atoms with Crippen LogP contribution in [0.3, 0.4) is 0 Å². The maximum atomic E-state index is 12.0. The highest BCUT2D eigenvalue weighted by atomic mass is 16.5. The van der Waals surface area contributed by atoms with Gasteiger partial charge >= 0.3 is 6.01 Å². The van der Waals surface area contributed by atoms with Crippen molar-refractivity contribution in [1.29, 1.82) is 0 Å². The average Bonchev–Trinajstić information content (AvgIpc) is 3.25. The number of benzene rings is 2. The van der Waals surface area contributed by atoms with Crippen LogP contribution in [0.15, 0.2) is 49.1 Å². The zero-order valence-electron chi connectivity index (χ0n) is 19.3. The van der Waals surface area contributed by atoms with E-state index in [2.05, 4.69) is 64.7 Å². The van der Waals surface area contributed by atoms with E-state index in [1.807, 2.05) is 4.90 Å². The van der Waals surface area contributed by atoms with Crippen molar-refractivity contribution in [2.75, 3.05) is 38.2 Å². The molecule has 2 aliphatic heterocycles. The van der Waals surface area contributed by atoms with Crippen LogP contribution in [-0.2, 0) is 24.4 Å². The molecule has 0 spiro atoms. The van der Waals surface area contributed by atoms with E-state index in [9.17, 15) is 4.79 Å². The van der Waals surface area contributed by atoms with Crippen molar-refractivity contribution in [1.82, 2.24) is 19.8 Å². The van der Waals surface area contributed by atoms with E-state index in [4.69, 9.17) is 9.72 Å². The summed E-state index contributed by atoms with van der Waals surface area (Å²) in [5.41, 5.74) is 4.82. The molecular weight excluding hydrogens is 414 g/mol. The Morgan fingerprint density at radius 1 is 1.09 bits per heavy atom. The lowest BCUT2D eigenvalue weighted by atomic mass is 10.00. The molecule has 0 atom stereocenters. The van der Waals surface area contributed by atoms with E-state index in [0.29, 0.717) is 19.1 Å². The van der Waals surface area contributed by atoms with Crippen LogP contribution in [-0.4, -0.2) is 59.0 Å². The van der Waals surface area contributed by atoms with E-state index in [0.717, 1.165) is 49.8 Å². The number of amides is 1. The normalized spacial score (nSPS) is 16.2. The van der Waals surface area contributed by atoms with Gasteiger partial charge in [0.25, 0.3) is 0 Å². The Bertz CT molecular complexity index is 1210. The molecule has 0 bridgehead atoms. The van der Waals surface area contributed by atoms with Gasteiger partial charge in [-0.05, 0) is 34.9 Å². The third-order valence-corrected chi connectivity index (χ3v) is 6.65. The second kappa shape index (κ2) is 8.83. The Morgan fingerprint density at radius 3 is 2.58 bits per heavy atom. The van der Waals surface area contributed by atoms with E-state index in [1.165, 1.54) is 28.0 Å². The van der Waals surface area contributed by atoms with Gasteiger partial charge in [0.05, 0.1) is 12.8 Å². The molecule has 1 aromatic heterocycles. The SMILES string of the molecule is C=CC(=O)N1CCN(c2nc(OC)nc3c2CN(Cc2cccc4cccc(C)c24)C3)CC1. The molecule has 1 amide bonds. The predicted octanol–water partition coefficient (Wildman–Crippen LogP) is 3.30. The van der Waals surface area contributed by atoms with Crippen molar-refractivity contribution in [3.63, 3.8) is 0 Å². The number of carbonyl (C=O) groups is 1. The maximum Gasteiger partial charge on any atom is 0.318 e. The fourth-order valence-electron chi connectivity index (χ4n) is 5.00. The highest BCUT2D eigenvalue weighted by Gasteiger charge is 2.30. The molecule has 3 heterocycles. The smallest absolute Gasteiger partial charge is 0.318 e. The minimum absolute atomic E-state index is 0.0169. The highest BCUT2D eigenvalue weighted by Crippen LogP contribution is 2.33. The van der Waals surface area contributed by atoms with Crippen LogP contribution < -0.4 is 9.64 Å². The number of piperazine rings is 1. The molecule has 7 heteroatoms. The van der Waals surface area contributed by atoms with E-state index in [1.54, 1.807) is 7.11 Å². The van der Waals surface area contributed by atoms with Crippen molar-refractivity contribution < 1.29 is 9.53 Å². The lowest BCUT2D eigenvalue weighted by Gasteiger charge is -2.35. The van der Waals surface area contributed by atoms with E-state index < -0.39 is 0 Å². The zero-order chi connectivity index (χ0) is 22.9. The standard InChI is InChI=1S/C26H29N5O2/c1-4-23(32)30-11-13-31(14-12-30)25-21-16-29(17-22(21)27-26(28-25)33-3)15-20-10-6-9-19-8-5-7-18(2)24(19)20/h4-10H,1,11-17H2,2-3H3. The second-order valence-corrected chi connectivity index (χ2v) is 8.71. The van der Waals surface area contributed by atoms with Crippen molar-refractivity contribution in [2.24, 2.45) is 0 Å². The molecule has 7 nitrogen and oxygen atoms in total. The third-order valence-electron chi connectivity index (χ3n) is 6.65. The molecular formula is C26H29N5O2. The van der Waals surface area contributed by atoms with E-state index >= 15 is 0 Å². The number of hydrogen-bond donors (Lipinski definition) is 0. The fraction of sp³-hybridized carbons (Fsp3) is 0.346. The number of aromatic nitrogens is 2. The summed E-state index contributed by atoms with van der Waals surface area (Å²) < 4.78 is 5.43. The first-order valence-corrected chi connectivity index (χ1v) is 11.4. The summed E-state index contributed by atoms with van der Waals surface area (Å²) in [6, 6.07) is 13.4. The number of hydrogen-bond acceptors (Lipinski definition) is 6. The Kier molecular flexibility index (Phi) is 5.72. The van der Waals surface area contributed by atoms with Gasteiger partial charge in [0, 0.05) is 51.4 Å². The Morgan fingerprint density at radius 2 is 1.85 bits per heavy atom. The fourth-order valence-corrected chi connectivity index (χ4v) is 5.00. The van der Waals surface area contributed by atoms with Crippen LogP contribution in [0, 0.1) is 6.92 Å². The number of aryl methyl sites for hydroxylation is 1. The van der Waals surface area contributed by atoms with Gasteiger partial charge in [0.15, 0.2) is 0 Å². The molecule has 2 aliphatic rings. The van der Waals surface area contributed by atoms with Gasteiger partial charge in [0.1, 0.15) is 5.82 Å². The zero-order valence-corrected chi connectivity index (χ0v) is 19.3. The molecule has 0 N–H and O–H groups in total. The Balaban J connectivity index is 1.40. The number of methoxy groups -OCH3 is 1. The largest absolute Gasteiger partial charge is 0.467 e. The minimum Gasteiger partial charge on any atom is -0.467 e. The number of fused-ring (bicyclic) bond motifs is 2. The second-order valence-electron chi connectivity index (χ2n) is 8.71. The number of nitrogens with zero attached hydrogens (tertiary/aromatic N) is 5. The molecule has 0 unspecified atom stereocenters. The monoisotopic (exact) mass is 443 g/mol. The van der Waals surface area contributed by atoms with Gasteiger partial charge in [-0.1, -0.05) is 43.0 Å². The molecule has 0 radical (unpaired) electrons. The molecule has 1 fully saturated rings. The lowest BCUT2D eigenvalue weighted by Crippen LogP contribution is -2.48. The van der Waals surface area contributed by atoms with Gasteiger partial charge < -0.3 is 14.5 Å². The van der Waals surface area contributed by atoms with Gasteiger partial charge in [-0.2, -0.15) is 9.97 Å². The summed E-state index contributed by atoms with van der Waals surface area (Å²) in [6.07, 6.45) is 1.38. The van der Waals surface area contributed by atoms with Crippen LogP contribution in [0.2, 0.25) is 0 Å². The maximum absolute atomic E-state index is 12.0. The summed E-state index contributed by atoms with van der Waals surface area (Å²) in [6.45, 7) is 11.0.